The molecule has 0 unspecified atom stereocenters. The number of nitrogens with zero attached hydrogens (tertiary/aromatic N) is 3. The largest absolute Gasteiger partial charge is 0.489 e. The van der Waals surface area contributed by atoms with Crippen LogP contribution in [0.3, 0.4) is 0 Å². The summed E-state index contributed by atoms with van der Waals surface area (Å²) in [4.78, 5) is 22.9. The molecular formula is C23H24N4O2. The monoisotopic (exact) mass is 388 g/mol. The normalized spacial score (nSPS) is 13.7. The quantitative estimate of drug-likeness (QED) is 0.677. The number of anilines is 2. The summed E-state index contributed by atoms with van der Waals surface area (Å²) in [6, 6.07) is 17.7. The van der Waals surface area contributed by atoms with Crippen LogP contribution in [0.1, 0.15) is 35.2 Å². The van der Waals surface area contributed by atoms with Crippen LogP contribution in [0.4, 0.5) is 11.6 Å². The van der Waals surface area contributed by atoms with Crippen molar-refractivity contribution in [2.75, 3.05) is 18.4 Å². The zero-order valence-electron chi connectivity index (χ0n) is 16.3. The smallest absolute Gasteiger partial charge is 0.256 e. The summed E-state index contributed by atoms with van der Waals surface area (Å²) in [5, 5.41) is 3.15. The number of hydrogen-bond donors (Lipinski definition) is 1. The van der Waals surface area contributed by atoms with Gasteiger partial charge in [-0.15, -0.1) is 0 Å². The molecule has 0 spiro atoms. The Morgan fingerprint density at radius 1 is 0.931 bits per heavy atom. The summed E-state index contributed by atoms with van der Waals surface area (Å²) in [6.07, 6.45) is 6.50. The van der Waals surface area contributed by atoms with Gasteiger partial charge in [-0.3, -0.25) is 4.79 Å². The molecule has 1 amide bonds. The first-order valence-corrected chi connectivity index (χ1v) is 9.93. The van der Waals surface area contributed by atoms with Crippen LogP contribution in [-0.2, 0) is 6.61 Å². The molecule has 6 heteroatoms. The van der Waals surface area contributed by atoms with Crippen LogP contribution in [-0.4, -0.2) is 33.9 Å². The molecule has 0 aliphatic carbocycles. The van der Waals surface area contributed by atoms with Crippen molar-refractivity contribution >= 4 is 17.5 Å². The predicted octanol–water partition coefficient (Wildman–Crippen LogP) is 4.43. The van der Waals surface area contributed by atoms with E-state index in [1.165, 1.54) is 6.42 Å². The molecule has 3 aromatic rings. The Hall–Kier alpha value is -3.41. The average Bonchev–Trinajstić information content (AvgIpc) is 2.80. The molecule has 1 N–H and O–H groups in total. The average molecular weight is 388 g/mol. The van der Waals surface area contributed by atoms with E-state index < -0.39 is 0 Å². The number of benzene rings is 2. The minimum absolute atomic E-state index is 0.0103. The number of rotatable bonds is 6. The lowest BCUT2D eigenvalue weighted by molar-refractivity contribution is 0.0723. The topological polar surface area (TPSA) is 67.3 Å². The number of hydrogen-bond acceptors (Lipinski definition) is 5. The van der Waals surface area contributed by atoms with Crippen LogP contribution < -0.4 is 10.1 Å². The zero-order valence-corrected chi connectivity index (χ0v) is 16.3. The van der Waals surface area contributed by atoms with E-state index in [9.17, 15) is 4.79 Å². The van der Waals surface area contributed by atoms with Gasteiger partial charge in [0.1, 0.15) is 12.4 Å². The fourth-order valence-corrected chi connectivity index (χ4v) is 3.29. The molecule has 1 fully saturated rings. The minimum Gasteiger partial charge on any atom is -0.489 e. The summed E-state index contributed by atoms with van der Waals surface area (Å²) in [6.45, 7) is 2.16. The molecule has 1 saturated heterocycles. The first-order valence-electron chi connectivity index (χ1n) is 9.93. The van der Waals surface area contributed by atoms with Gasteiger partial charge >= 0.3 is 0 Å². The van der Waals surface area contributed by atoms with Gasteiger partial charge in [0.25, 0.3) is 5.91 Å². The summed E-state index contributed by atoms with van der Waals surface area (Å²) in [5.74, 6) is 1.26. The molecule has 1 aliphatic rings. The van der Waals surface area contributed by atoms with E-state index >= 15 is 0 Å². The lowest BCUT2D eigenvalue weighted by Crippen LogP contribution is -2.35. The molecule has 0 bridgehead atoms. The summed E-state index contributed by atoms with van der Waals surface area (Å²) in [5.41, 5.74) is 2.51. The third-order valence-corrected chi connectivity index (χ3v) is 4.90. The van der Waals surface area contributed by atoms with Crippen molar-refractivity contribution in [2.24, 2.45) is 0 Å². The van der Waals surface area contributed by atoms with Crippen LogP contribution >= 0.6 is 0 Å². The van der Waals surface area contributed by atoms with Crippen LogP contribution in [0.5, 0.6) is 5.75 Å². The van der Waals surface area contributed by atoms with Crippen LogP contribution in [0.15, 0.2) is 67.0 Å². The predicted molar refractivity (Wildman–Crippen MR) is 112 cm³/mol. The Kier molecular flexibility index (Phi) is 6.00. The Morgan fingerprint density at radius 2 is 1.62 bits per heavy atom. The molecule has 2 heterocycles. The van der Waals surface area contributed by atoms with Crippen molar-refractivity contribution in [1.29, 1.82) is 0 Å². The second kappa shape index (κ2) is 9.19. The van der Waals surface area contributed by atoms with Crippen LogP contribution in [0.25, 0.3) is 0 Å². The number of ether oxygens (including phenoxy) is 1. The molecule has 2 aromatic carbocycles. The maximum atomic E-state index is 12.5. The zero-order chi connectivity index (χ0) is 19.9. The highest BCUT2D eigenvalue weighted by Gasteiger charge is 2.18. The molecular weight excluding hydrogens is 364 g/mol. The maximum absolute atomic E-state index is 12.5. The van der Waals surface area contributed by atoms with Gasteiger partial charge in [0.05, 0.1) is 5.56 Å². The van der Waals surface area contributed by atoms with E-state index in [4.69, 9.17) is 4.74 Å². The Bertz CT molecular complexity index is 921. The SMILES string of the molecule is O=C(c1cnc(Nc2ccc(OCc3ccccc3)cc2)nc1)N1CCCCC1. The molecule has 0 saturated carbocycles. The first-order chi connectivity index (χ1) is 14.3. The highest BCUT2D eigenvalue weighted by molar-refractivity contribution is 5.93. The van der Waals surface area contributed by atoms with Gasteiger partial charge in [-0.2, -0.15) is 0 Å². The molecule has 1 aromatic heterocycles. The van der Waals surface area contributed by atoms with Crippen molar-refractivity contribution < 1.29 is 9.53 Å². The number of piperidine rings is 1. The van der Waals surface area contributed by atoms with Gasteiger partial charge in [0, 0.05) is 31.2 Å². The summed E-state index contributed by atoms with van der Waals surface area (Å²) in [7, 11) is 0. The lowest BCUT2D eigenvalue weighted by Gasteiger charge is -2.26. The number of carbonyl (C=O) groups is 1. The van der Waals surface area contributed by atoms with E-state index in [1.54, 1.807) is 12.4 Å². The number of carbonyl (C=O) groups excluding carboxylic acids is 1. The van der Waals surface area contributed by atoms with Gasteiger partial charge in [0.15, 0.2) is 0 Å². The van der Waals surface area contributed by atoms with Crippen molar-refractivity contribution in [2.45, 2.75) is 25.9 Å². The first kappa shape index (κ1) is 18.9. The molecule has 148 valence electrons. The van der Waals surface area contributed by atoms with E-state index in [2.05, 4.69) is 15.3 Å². The van der Waals surface area contributed by atoms with Gasteiger partial charge < -0.3 is 15.0 Å². The van der Waals surface area contributed by atoms with E-state index in [1.807, 2.05) is 59.5 Å². The minimum atomic E-state index is 0.0103. The highest BCUT2D eigenvalue weighted by atomic mass is 16.5. The fraction of sp³-hybridized carbons (Fsp3) is 0.261. The van der Waals surface area contributed by atoms with E-state index in [0.29, 0.717) is 18.1 Å². The van der Waals surface area contributed by atoms with Gasteiger partial charge in [-0.1, -0.05) is 30.3 Å². The third-order valence-electron chi connectivity index (χ3n) is 4.90. The Balaban J connectivity index is 1.32. The fourth-order valence-electron chi connectivity index (χ4n) is 3.29. The van der Waals surface area contributed by atoms with Gasteiger partial charge in [-0.05, 0) is 49.1 Å². The maximum Gasteiger partial charge on any atom is 0.256 e. The Labute approximate surface area is 170 Å². The van der Waals surface area contributed by atoms with Crippen molar-refractivity contribution in [3.8, 4) is 5.75 Å². The molecule has 1 aliphatic heterocycles. The summed E-state index contributed by atoms with van der Waals surface area (Å²) < 4.78 is 5.80. The molecule has 29 heavy (non-hydrogen) atoms. The second-order valence-electron chi connectivity index (χ2n) is 7.07. The Morgan fingerprint density at radius 3 is 2.31 bits per heavy atom. The van der Waals surface area contributed by atoms with E-state index in [-0.39, 0.29) is 5.91 Å². The van der Waals surface area contributed by atoms with E-state index in [0.717, 1.165) is 42.9 Å². The molecule has 6 nitrogen and oxygen atoms in total. The second-order valence-corrected chi connectivity index (χ2v) is 7.07. The van der Waals surface area contributed by atoms with Crippen LogP contribution in [0.2, 0.25) is 0 Å². The third kappa shape index (κ3) is 5.10. The number of aromatic nitrogens is 2. The highest BCUT2D eigenvalue weighted by Crippen LogP contribution is 2.19. The summed E-state index contributed by atoms with van der Waals surface area (Å²) >= 11 is 0. The molecule has 0 radical (unpaired) electrons. The lowest BCUT2D eigenvalue weighted by atomic mass is 10.1. The standard InChI is InChI=1S/C23H24N4O2/c28-22(27-13-5-2-6-14-27)19-15-24-23(25-16-19)26-20-9-11-21(12-10-20)29-17-18-7-3-1-4-8-18/h1,3-4,7-12,15-16H,2,5-6,13-14,17H2,(H,24,25,26). The molecule has 4 rings (SSSR count). The molecule has 0 atom stereocenters. The number of amides is 1. The van der Waals surface area contributed by atoms with Gasteiger partial charge in [-0.25, -0.2) is 9.97 Å². The number of likely N-dealkylation sites (tertiary alicyclic amines) is 1. The number of nitrogens with one attached hydrogen (secondary N) is 1. The van der Waals surface area contributed by atoms with Crippen molar-refractivity contribution in [3.05, 3.63) is 78.1 Å². The van der Waals surface area contributed by atoms with Crippen molar-refractivity contribution in [3.63, 3.8) is 0 Å². The van der Waals surface area contributed by atoms with Gasteiger partial charge in [0.2, 0.25) is 5.95 Å². The van der Waals surface area contributed by atoms with Crippen LogP contribution in [0, 0.1) is 0 Å². The van der Waals surface area contributed by atoms with Crippen molar-refractivity contribution in [1.82, 2.24) is 14.9 Å².